The average Bonchev–Trinajstić information content (AvgIpc) is 3.04. The van der Waals surface area contributed by atoms with Gasteiger partial charge in [-0.3, -0.25) is 0 Å². The lowest BCUT2D eigenvalue weighted by Gasteiger charge is -2.38. The van der Waals surface area contributed by atoms with Crippen LogP contribution in [-0.2, 0) is 15.9 Å². The molecule has 0 fully saturated rings. The minimum absolute atomic E-state index is 0.0478. The van der Waals surface area contributed by atoms with Crippen molar-refractivity contribution in [3.8, 4) is 0 Å². The molecule has 2 atom stereocenters. The molecule has 1 N–H and O–H groups in total. The van der Waals surface area contributed by atoms with E-state index in [4.69, 9.17) is 9.47 Å². The van der Waals surface area contributed by atoms with E-state index in [1.807, 2.05) is 6.92 Å². The zero-order valence-corrected chi connectivity index (χ0v) is 13.6. The molecule has 1 aliphatic carbocycles. The molecule has 1 aromatic heterocycles. The Morgan fingerprint density at radius 1 is 1.32 bits per heavy atom. The maximum absolute atomic E-state index is 6.21. The lowest BCUT2D eigenvalue weighted by atomic mass is 9.72. The van der Waals surface area contributed by atoms with Crippen molar-refractivity contribution in [2.45, 2.75) is 45.6 Å². The number of H-pyrrole nitrogens is 1. The summed E-state index contributed by atoms with van der Waals surface area (Å²) < 4.78 is 11.6. The van der Waals surface area contributed by atoms with Crippen molar-refractivity contribution in [2.75, 3.05) is 19.8 Å². The molecule has 1 heterocycles. The van der Waals surface area contributed by atoms with Crippen molar-refractivity contribution in [1.82, 2.24) is 15.4 Å². The molecule has 0 spiro atoms. The molecule has 22 heavy (non-hydrogen) atoms. The van der Waals surface area contributed by atoms with Gasteiger partial charge in [0.1, 0.15) is 0 Å². The first-order valence-electron chi connectivity index (χ1n) is 8.19. The van der Waals surface area contributed by atoms with Crippen molar-refractivity contribution in [3.05, 3.63) is 36.2 Å². The molecule has 1 aliphatic rings. The van der Waals surface area contributed by atoms with Crippen LogP contribution in [0.5, 0.6) is 0 Å². The SMILES string of the molecule is CCCC(OCCOCC)C1(Cc2cn[nH]n2)C=CC=CC1. The van der Waals surface area contributed by atoms with Crippen LogP contribution in [0.2, 0.25) is 0 Å². The van der Waals surface area contributed by atoms with E-state index in [0.29, 0.717) is 13.2 Å². The van der Waals surface area contributed by atoms with Crippen LogP contribution in [0.4, 0.5) is 0 Å². The largest absolute Gasteiger partial charge is 0.379 e. The summed E-state index contributed by atoms with van der Waals surface area (Å²) >= 11 is 0. The van der Waals surface area contributed by atoms with Gasteiger partial charge in [-0.05, 0) is 19.8 Å². The summed E-state index contributed by atoms with van der Waals surface area (Å²) in [5, 5.41) is 10.9. The quantitative estimate of drug-likeness (QED) is 0.675. The van der Waals surface area contributed by atoms with Gasteiger partial charge in [-0.1, -0.05) is 37.6 Å². The van der Waals surface area contributed by atoms with Gasteiger partial charge in [0, 0.05) is 18.4 Å². The first-order chi connectivity index (χ1) is 10.8. The van der Waals surface area contributed by atoms with E-state index in [1.165, 1.54) is 0 Å². The Bertz CT molecular complexity index is 470. The topological polar surface area (TPSA) is 60.0 Å². The standard InChI is InChI=1S/C17H27N3O2/c1-3-8-16(22-12-11-21-4-2)17(9-6-5-7-10-17)13-15-14-18-20-19-15/h5-7,9,14,16H,3-4,8,10-13H2,1-2H3,(H,18,19,20). The van der Waals surface area contributed by atoms with E-state index >= 15 is 0 Å². The highest BCUT2D eigenvalue weighted by Gasteiger charge is 2.37. The van der Waals surface area contributed by atoms with Crippen LogP contribution in [0, 0.1) is 5.41 Å². The molecule has 2 unspecified atom stereocenters. The van der Waals surface area contributed by atoms with Gasteiger partial charge < -0.3 is 9.47 Å². The molecular weight excluding hydrogens is 278 g/mol. The summed E-state index contributed by atoms with van der Waals surface area (Å²) in [6.45, 7) is 6.22. The van der Waals surface area contributed by atoms with Gasteiger partial charge in [-0.2, -0.15) is 15.4 Å². The highest BCUT2D eigenvalue weighted by Crippen LogP contribution is 2.38. The van der Waals surface area contributed by atoms with Gasteiger partial charge >= 0.3 is 0 Å². The molecule has 122 valence electrons. The van der Waals surface area contributed by atoms with Crippen molar-refractivity contribution in [3.63, 3.8) is 0 Å². The number of ether oxygens (including phenoxy) is 2. The van der Waals surface area contributed by atoms with E-state index in [1.54, 1.807) is 6.20 Å². The fourth-order valence-electron chi connectivity index (χ4n) is 3.01. The van der Waals surface area contributed by atoms with E-state index in [9.17, 15) is 0 Å². The first-order valence-corrected chi connectivity index (χ1v) is 8.19. The van der Waals surface area contributed by atoms with Gasteiger partial charge in [0.15, 0.2) is 0 Å². The minimum atomic E-state index is -0.0478. The normalized spacial score (nSPS) is 22.1. The number of rotatable bonds is 10. The van der Waals surface area contributed by atoms with Crippen LogP contribution in [0.1, 0.15) is 38.8 Å². The van der Waals surface area contributed by atoms with E-state index in [0.717, 1.165) is 38.0 Å². The van der Waals surface area contributed by atoms with Crippen molar-refractivity contribution >= 4 is 0 Å². The number of aromatic amines is 1. The van der Waals surface area contributed by atoms with E-state index < -0.39 is 0 Å². The fourth-order valence-corrected chi connectivity index (χ4v) is 3.01. The Morgan fingerprint density at radius 3 is 2.86 bits per heavy atom. The second kappa shape index (κ2) is 8.86. The molecule has 0 radical (unpaired) electrons. The number of nitrogens with one attached hydrogen (secondary N) is 1. The summed E-state index contributed by atoms with van der Waals surface area (Å²) in [6, 6.07) is 0. The number of aromatic nitrogens is 3. The van der Waals surface area contributed by atoms with Crippen molar-refractivity contribution in [1.29, 1.82) is 0 Å². The van der Waals surface area contributed by atoms with Crippen LogP contribution in [0.15, 0.2) is 30.5 Å². The smallest absolute Gasteiger partial charge is 0.0834 e. The van der Waals surface area contributed by atoms with Gasteiger partial charge in [-0.15, -0.1) is 0 Å². The average molecular weight is 305 g/mol. The third-order valence-corrected chi connectivity index (χ3v) is 4.09. The maximum Gasteiger partial charge on any atom is 0.0834 e. The molecule has 0 amide bonds. The van der Waals surface area contributed by atoms with Crippen LogP contribution in [-0.4, -0.2) is 41.3 Å². The fraction of sp³-hybridized carbons (Fsp3) is 0.647. The Hall–Kier alpha value is -1.46. The van der Waals surface area contributed by atoms with Crippen LogP contribution >= 0.6 is 0 Å². The molecule has 1 aromatic rings. The first kappa shape index (κ1) is 16.9. The zero-order chi connectivity index (χ0) is 15.7. The predicted molar refractivity (Wildman–Crippen MR) is 86.6 cm³/mol. The number of hydrogen-bond donors (Lipinski definition) is 1. The molecule has 5 heteroatoms. The Labute approximate surface area is 132 Å². The second-order valence-electron chi connectivity index (χ2n) is 5.71. The Morgan fingerprint density at radius 2 is 2.23 bits per heavy atom. The minimum Gasteiger partial charge on any atom is -0.379 e. The molecule has 0 saturated carbocycles. The Kier molecular flexibility index (Phi) is 6.80. The van der Waals surface area contributed by atoms with Crippen LogP contribution < -0.4 is 0 Å². The van der Waals surface area contributed by atoms with Crippen LogP contribution in [0.3, 0.4) is 0 Å². The zero-order valence-electron chi connectivity index (χ0n) is 13.6. The predicted octanol–water partition coefficient (Wildman–Crippen LogP) is 3.07. The molecule has 2 rings (SSSR count). The number of allylic oxidation sites excluding steroid dienone is 3. The van der Waals surface area contributed by atoms with Gasteiger partial charge in [-0.25, -0.2) is 0 Å². The lowest BCUT2D eigenvalue weighted by Crippen LogP contribution is -2.39. The second-order valence-corrected chi connectivity index (χ2v) is 5.71. The highest BCUT2D eigenvalue weighted by atomic mass is 16.5. The molecule has 0 aromatic carbocycles. The summed E-state index contributed by atoms with van der Waals surface area (Å²) in [5.74, 6) is 0. The van der Waals surface area contributed by atoms with Gasteiger partial charge in [0.05, 0.1) is 31.2 Å². The number of hydrogen-bond acceptors (Lipinski definition) is 4. The van der Waals surface area contributed by atoms with E-state index in [2.05, 4.69) is 46.6 Å². The summed E-state index contributed by atoms with van der Waals surface area (Å²) in [6.07, 6.45) is 14.6. The molecule has 0 saturated heterocycles. The monoisotopic (exact) mass is 305 g/mol. The summed E-state index contributed by atoms with van der Waals surface area (Å²) in [4.78, 5) is 0. The van der Waals surface area contributed by atoms with Crippen LogP contribution in [0.25, 0.3) is 0 Å². The molecule has 0 aliphatic heterocycles. The maximum atomic E-state index is 6.21. The van der Waals surface area contributed by atoms with E-state index in [-0.39, 0.29) is 11.5 Å². The van der Waals surface area contributed by atoms with Gasteiger partial charge in [0.25, 0.3) is 0 Å². The highest BCUT2D eigenvalue weighted by molar-refractivity contribution is 5.21. The Balaban J connectivity index is 2.09. The third-order valence-electron chi connectivity index (χ3n) is 4.09. The number of nitrogens with zero attached hydrogens (tertiary/aromatic N) is 2. The van der Waals surface area contributed by atoms with Crippen molar-refractivity contribution in [2.24, 2.45) is 5.41 Å². The summed E-state index contributed by atoms with van der Waals surface area (Å²) in [7, 11) is 0. The molecule has 0 bridgehead atoms. The van der Waals surface area contributed by atoms with Crippen molar-refractivity contribution < 1.29 is 9.47 Å². The molecular formula is C17H27N3O2. The van der Waals surface area contributed by atoms with Gasteiger partial charge in [0.2, 0.25) is 0 Å². The lowest BCUT2D eigenvalue weighted by molar-refractivity contribution is -0.0477. The third kappa shape index (κ3) is 4.52. The molecule has 5 nitrogen and oxygen atoms in total. The summed E-state index contributed by atoms with van der Waals surface area (Å²) in [5.41, 5.74) is 0.933.